The largest absolute Gasteiger partial charge is 0.493 e. The fraction of sp³-hybridized carbons (Fsp3) is 0.263. The molecule has 1 atom stereocenters. The van der Waals surface area contributed by atoms with Crippen LogP contribution in [0.3, 0.4) is 0 Å². The van der Waals surface area contributed by atoms with Gasteiger partial charge in [0.25, 0.3) is 0 Å². The fourth-order valence-corrected chi connectivity index (χ4v) is 2.55. The number of benzene rings is 2. The number of anilines is 1. The molecule has 0 saturated heterocycles. The van der Waals surface area contributed by atoms with E-state index in [9.17, 15) is 5.11 Å². The highest BCUT2D eigenvalue weighted by Crippen LogP contribution is 2.35. The van der Waals surface area contributed by atoms with E-state index < -0.39 is 6.10 Å². The summed E-state index contributed by atoms with van der Waals surface area (Å²) in [6.45, 7) is 2.10. The summed E-state index contributed by atoms with van der Waals surface area (Å²) in [7, 11) is 3.18. The van der Waals surface area contributed by atoms with E-state index in [0.717, 1.165) is 16.5 Å². The van der Waals surface area contributed by atoms with Crippen molar-refractivity contribution in [2.45, 2.75) is 13.0 Å². The Kier molecular flexibility index (Phi) is 5.00. The molecule has 3 rings (SSSR count). The highest BCUT2D eigenvalue weighted by molar-refractivity contribution is 5.93. The molecule has 0 aliphatic carbocycles. The quantitative estimate of drug-likeness (QED) is 0.719. The smallest absolute Gasteiger partial charge is 0.162 e. The summed E-state index contributed by atoms with van der Waals surface area (Å²) >= 11 is 0. The van der Waals surface area contributed by atoms with Gasteiger partial charge < -0.3 is 19.9 Å². The van der Waals surface area contributed by atoms with Gasteiger partial charge in [-0.05, 0) is 13.0 Å². The van der Waals surface area contributed by atoms with Crippen molar-refractivity contribution >= 4 is 16.7 Å². The van der Waals surface area contributed by atoms with Gasteiger partial charge in [-0.2, -0.15) is 0 Å². The van der Waals surface area contributed by atoms with Crippen LogP contribution < -0.4 is 14.8 Å². The minimum atomic E-state index is -0.495. The molecule has 3 aromatic rings. The number of hydrogen-bond donors (Lipinski definition) is 2. The first kappa shape index (κ1) is 17.0. The van der Waals surface area contributed by atoms with Crippen LogP contribution >= 0.6 is 0 Å². The van der Waals surface area contributed by atoms with E-state index in [4.69, 9.17) is 9.47 Å². The van der Waals surface area contributed by atoms with Crippen molar-refractivity contribution in [3.63, 3.8) is 0 Å². The van der Waals surface area contributed by atoms with Gasteiger partial charge >= 0.3 is 0 Å². The van der Waals surface area contributed by atoms with E-state index in [2.05, 4.69) is 15.3 Å². The van der Waals surface area contributed by atoms with Crippen LogP contribution in [-0.2, 0) is 0 Å². The minimum absolute atomic E-state index is 0.384. The lowest BCUT2D eigenvalue weighted by molar-refractivity contribution is 0.208. The lowest BCUT2D eigenvalue weighted by Crippen LogP contribution is -2.16. The average Bonchev–Trinajstić information content (AvgIpc) is 2.65. The summed E-state index contributed by atoms with van der Waals surface area (Å²) in [6.07, 6.45) is -0.495. The zero-order chi connectivity index (χ0) is 17.8. The number of nitrogens with zero attached hydrogens (tertiary/aromatic N) is 2. The molecule has 6 nitrogen and oxygen atoms in total. The number of nitrogens with one attached hydrogen (secondary N) is 1. The van der Waals surface area contributed by atoms with Gasteiger partial charge in [0.05, 0.1) is 25.8 Å². The summed E-state index contributed by atoms with van der Waals surface area (Å²) in [4.78, 5) is 9.31. The van der Waals surface area contributed by atoms with Crippen molar-refractivity contribution in [2.75, 3.05) is 26.1 Å². The molecule has 0 aliphatic heterocycles. The normalized spacial score (nSPS) is 12.0. The van der Waals surface area contributed by atoms with Gasteiger partial charge in [-0.25, -0.2) is 9.97 Å². The van der Waals surface area contributed by atoms with Crippen LogP contribution in [0.2, 0.25) is 0 Å². The number of rotatable bonds is 6. The molecule has 0 aliphatic rings. The second-order valence-corrected chi connectivity index (χ2v) is 5.72. The van der Waals surface area contributed by atoms with Crippen molar-refractivity contribution < 1.29 is 14.6 Å². The highest BCUT2D eigenvalue weighted by Gasteiger charge is 2.14. The Morgan fingerprint density at radius 2 is 1.72 bits per heavy atom. The first-order valence-corrected chi connectivity index (χ1v) is 8.03. The molecular weight excluding hydrogens is 318 g/mol. The first-order chi connectivity index (χ1) is 12.1. The van der Waals surface area contributed by atoms with E-state index in [1.54, 1.807) is 21.1 Å². The van der Waals surface area contributed by atoms with Crippen LogP contribution in [-0.4, -0.2) is 41.9 Å². The van der Waals surface area contributed by atoms with Crippen molar-refractivity contribution in [3.8, 4) is 22.9 Å². The first-order valence-electron chi connectivity index (χ1n) is 8.03. The second kappa shape index (κ2) is 7.36. The Labute approximate surface area is 146 Å². The van der Waals surface area contributed by atoms with E-state index in [1.165, 1.54) is 0 Å². The summed E-state index contributed by atoms with van der Waals surface area (Å²) in [5, 5.41) is 13.6. The van der Waals surface area contributed by atoms with Gasteiger partial charge in [0.2, 0.25) is 0 Å². The second-order valence-electron chi connectivity index (χ2n) is 5.72. The van der Waals surface area contributed by atoms with E-state index >= 15 is 0 Å². The number of methoxy groups -OCH3 is 2. The average molecular weight is 339 g/mol. The van der Waals surface area contributed by atoms with Crippen LogP contribution in [0.4, 0.5) is 5.82 Å². The SMILES string of the molecule is COc1cc2nc(-c3ccccc3)nc(NC[C@H](C)O)c2cc1OC. The maximum Gasteiger partial charge on any atom is 0.162 e. The summed E-state index contributed by atoms with van der Waals surface area (Å²) in [5.74, 6) is 2.46. The summed E-state index contributed by atoms with van der Waals surface area (Å²) < 4.78 is 10.8. The molecule has 0 unspecified atom stereocenters. The Hall–Kier alpha value is -2.86. The lowest BCUT2D eigenvalue weighted by atomic mass is 10.1. The van der Waals surface area contributed by atoms with Crippen molar-refractivity contribution in [1.29, 1.82) is 0 Å². The van der Waals surface area contributed by atoms with Crippen LogP contribution in [0.1, 0.15) is 6.92 Å². The molecule has 0 radical (unpaired) electrons. The molecule has 0 saturated carbocycles. The molecular formula is C19H21N3O3. The number of aliphatic hydroxyl groups excluding tert-OH is 1. The minimum Gasteiger partial charge on any atom is -0.493 e. The Morgan fingerprint density at radius 1 is 1.04 bits per heavy atom. The molecule has 2 N–H and O–H groups in total. The highest BCUT2D eigenvalue weighted by atomic mass is 16.5. The maximum absolute atomic E-state index is 9.60. The third-order valence-electron chi connectivity index (χ3n) is 3.80. The Bertz CT molecular complexity index is 867. The fourth-order valence-electron chi connectivity index (χ4n) is 2.55. The molecule has 6 heteroatoms. The number of aliphatic hydroxyl groups is 1. The molecule has 0 spiro atoms. The number of fused-ring (bicyclic) bond motifs is 1. The zero-order valence-electron chi connectivity index (χ0n) is 14.5. The van der Waals surface area contributed by atoms with Crippen LogP contribution in [0.15, 0.2) is 42.5 Å². The predicted octanol–water partition coefficient (Wildman–Crippen LogP) is 3.11. The Balaban J connectivity index is 2.19. The van der Waals surface area contributed by atoms with Gasteiger partial charge in [-0.3, -0.25) is 0 Å². The monoisotopic (exact) mass is 339 g/mol. The standard InChI is InChI=1S/C19H21N3O3/c1-12(23)11-20-19-14-9-16(24-2)17(25-3)10-15(14)21-18(22-19)13-7-5-4-6-8-13/h4-10,12,23H,11H2,1-3H3,(H,20,21,22)/t12-/m0/s1. The van der Waals surface area contributed by atoms with Gasteiger partial charge in [-0.15, -0.1) is 0 Å². The van der Waals surface area contributed by atoms with Crippen LogP contribution in [0.5, 0.6) is 11.5 Å². The number of aromatic nitrogens is 2. The summed E-state index contributed by atoms with van der Waals surface area (Å²) in [6, 6.07) is 13.4. The lowest BCUT2D eigenvalue weighted by Gasteiger charge is -2.14. The van der Waals surface area contributed by atoms with Crippen molar-refractivity contribution in [1.82, 2.24) is 9.97 Å². The van der Waals surface area contributed by atoms with Crippen molar-refractivity contribution in [3.05, 3.63) is 42.5 Å². The van der Waals surface area contributed by atoms with Gasteiger partial charge in [-0.1, -0.05) is 30.3 Å². The number of hydrogen-bond acceptors (Lipinski definition) is 6. The molecule has 0 amide bonds. The number of ether oxygens (including phenoxy) is 2. The maximum atomic E-state index is 9.60. The molecule has 25 heavy (non-hydrogen) atoms. The topological polar surface area (TPSA) is 76.5 Å². The van der Waals surface area contributed by atoms with Gasteiger partial charge in [0.1, 0.15) is 5.82 Å². The van der Waals surface area contributed by atoms with E-state index in [-0.39, 0.29) is 0 Å². The third kappa shape index (κ3) is 3.64. The third-order valence-corrected chi connectivity index (χ3v) is 3.80. The van der Waals surface area contributed by atoms with Crippen molar-refractivity contribution in [2.24, 2.45) is 0 Å². The van der Waals surface area contributed by atoms with Crippen LogP contribution in [0, 0.1) is 0 Å². The molecule has 0 fully saturated rings. The Morgan fingerprint density at radius 3 is 2.36 bits per heavy atom. The summed E-state index contributed by atoms with van der Waals surface area (Å²) in [5.41, 5.74) is 1.65. The van der Waals surface area contributed by atoms with E-state index in [1.807, 2.05) is 42.5 Å². The predicted molar refractivity (Wildman–Crippen MR) is 98.2 cm³/mol. The molecule has 2 aromatic carbocycles. The molecule has 0 bridgehead atoms. The molecule has 130 valence electrons. The van der Waals surface area contributed by atoms with Crippen LogP contribution in [0.25, 0.3) is 22.3 Å². The van der Waals surface area contributed by atoms with Gasteiger partial charge in [0.15, 0.2) is 17.3 Å². The zero-order valence-corrected chi connectivity index (χ0v) is 14.5. The molecule has 1 heterocycles. The molecule has 1 aromatic heterocycles. The van der Waals surface area contributed by atoms with E-state index in [0.29, 0.717) is 29.7 Å². The van der Waals surface area contributed by atoms with Gasteiger partial charge in [0, 0.05) is 23.6 Å².